The first kappa shape index (κ1) is 11.9. The van der Waals surface area contributed by atoms with Crippen molar-refractivity contribution >= 4 is 27.9 Å². The number of hydrogen-bond donors (Lipinski definition) is 1. The van der Waals surface area contributed by atoms with E-state index in [4.69, 9.17) is 5.11 Å². The van der Waals surface area contributed by atoms with E-state index >= 15 is 0 Å². The number of phenolic OH excluding ortho intramolecular Hbond substituents is 1. The highest BCUT2D eigenvalue weighted by Gasteiger charge is 1.92. The molecule has 2 rings (SSSR count). The molecular formula is C9H10BrNO2. The number of nitrogens with zero attached hydrogens (tertiary/aromatic N) is 1. The summed E-state index contributed by atoms with van der Waals surface area (Å²) in [6.07, 6.45) is 1.74. The third-order valence-corrected chi connectivity index (χ3v) is 1.59. The molecule has 0 amide bonds. The average Bonchev–Trinajstić information content (AvgIpc) is 2.04. The largest absolute Gasteiger partial charge is 0.508 e. The molecule has 4 heteroatoms. The summed E-state index contributed by atoms with van der Waals surface area (Å²) in [6.45, 7) is 0. The molecule has 3 nitrogen and oxygen atoms in total. The first-order valence-electron chi connectivity index (χ1n) is 3.40. The molecule has 0 aliphatic carbocycles. The van der Waals surface area contributed by atoms with Crippen LogP contribution >= 0.6 is 17.0 Å². The summed E-state index contributed by atoms with van der Waals surface area (Å²) in [6, 6.07) is 8.90. The van der Waals surface area contributed by atoms with Crippen molar-refractivity contribution < 1.29 is 10.6 Å². The Morgan fingerprint density at radius 1 is 1.15 bits per heavy atom. The van der Waals surface area contributed by atoms with Gasteiger partial charge in [0.05, 0.1) is 5.52 Å². The van der Waals surface area contributed by atoms with Crippen molar-refractivity contribution in [3.63, 3.8) is 0 Å². The Hall–Kier alpha value is -1.13. The zero-order valence-electron chi connectivity index (χ0n) is 6.77. The van der Waals surface area contributed by atoms with Crippen LogP contribution in [-0.2, 0) is 0 Å². The lowest BCUT2D eigenvalue weighted by Crippen LogP contribution is -1.75. The Kier molecular flexibility index (Phi) is 4.37. The fourth-order valence-electron chi connectivity index (χ4n) is 1.06. The van der Waals surface area contributed by atoms with Gasteiger partial charge in [-0.05, 0) is 24.3 Å². The van der Waals surface area contributed by atoms with Crippen LogP contribution in [0, 0.1) is 0 Å². The average molecular weight is 244 g/mol. The molecule has 70 valence electrons. The Morgan fingerprint density at radius 2 is 1.92 bits per heavy atom. The smallest absolute Gasteiger partial charge is 0.116 e. The summed E-state index contributed by atoms with van der Waals surface area (Å²) in [4.78, 5) is 4.11. The molecule has 0 bridgehead atoms. The van der Waals surface area contributed by atoms with Gasteiger partial charge in [0.25, 0.3) is 0 Å². The van der Waals surface area contributed by atoms with E-state index in [9.17, 15) is 0 Å². The summed E-state index contributed by atoms with van der Waals surface area (Å²) in [5.74, 6) is 0.283. The zero-order chi connectivity index (χ0) is 7.68. The molecular weight excluding hydrogens is 234 g/mol. The minimum Gasteiger partial charge on any atom is -0.508 e. The van der Waals surface area contributed by atoms with Crippen molar-refractivity contribution in [2.45, 2.75) is 0 Å². The third kappa shape index (κ3) is 2.40. The summed E-state index contributed by atoms with van der Waals surface area (Å²) < 4.78 is 0. The van der Waals surface area contributed by atoms with Crippen LogP contribution in [0.3, 0.4) is 0 Å². The number of rotatable bonds is 0. The topological polar surface area (TPSA) is 64.6 Å². The molecule has 0 atom stereocenters. The van der Waals surface area contributed by atoms with Crippen molar-refractivity contribution in [3.05, 3.63) is 36.5 Å². The molecule has 1 aromatic carbocycles. The SMILES string of the molecule is Br.O.Oc1ccc2ncccc2c1. The van der Waals surface area contributed by atoms with Crippen LogP contribution in [0.4, 0.5) is 0 Å². The van der Waals surface area contributed by atoms with Gasteiger partial charge < -0.3 is 10.6 Å². The summed E-state index contributed by atoms with van der Waals surface area (Å²) in [5.41, 5.74) is 0.908. The van der Waals surface area contributed by atoms with E-state index in [1.54, 1.807) is 24.4 Å². The molecule has 0 unspecified atom stereocenters. The first-order valence-corrected chi connectivity index (χ1v) is 3.40. The molecule has 13 heavy (non-hydrogen) atoms. The van der Waals surface area contributed by atoms with E-state index in [0.29, 0.717) is 0 Å². The molecule has 0 saturated heterocycles. The van der Waals surface area contributed by atoms with Crippen LogP contribution in [-0.4, -0.2) is 15.6 Å². The Labute approximate surface area is 86.1 Å². The lowest BCUT2D eigenvalue weighted by Gasteiger charge is -1.95. The van der Waals surface area contributed by atoms with E-state index in [1.807, 2.05) is 12.1 Å². The highest BCUT2D eigenvalue weighted by Crippen LogP contribution is 2.16. The van der Waals surface area contributed by atoms with E-state index in [2.05, 4.69) is 4.98 Å². The van der Waals surface area contributed by atoms with Gasteiger partial charge in [0, 0.05) is 11.6 Å². The molecule has 0 spiro atoms. The Bertz CT molecular complexity index is 392. The maximum atomic E-state index is 9.10. The summed E-state index contributed by atoms with van der Waals surface area (Å²) in [7, 11) is 0. The van der Waals surface area contributed by atoms with Gasteiger partial charge in [0.15, 0.2) is 0 Å². The highest BCUT2D eigenvalue weighted by atomic mass is 79.9. The van der Waals surface area contributed by atoms with Crippen LogP contribution < -0.4 is 0 Å². The number of benzene rings is 1. The molecule has 0 aliphatic heterocycles. The molecule has 0 fully saturated rings. The minimum atomic E-state index is 0. The molecule has 1 aromatic heterocycles. The quantitative estimate of drug-likeness (QED) is 0.766. The normalized spacial score (nSPS) is 8.62. The van der Waals surface area contributed by atoms with Crippen molar-refractivity contribution in [2.24, 2.45) is 0 Å². The molecule has 0 saturated carbocycles. The van der Waals surface area contributed by atoms with Gasteiger partial charge in [0.2, 0.25) is 0 Å². The fourth-order valence-corrected chi connectivity index (χ4v) is 1.06. The third-order valence-electron chi connectivity index (χ3n) is 1.59. The van der Waals surface area contributed by atoms with Crippen molar-refractivity contribution in [1.82, 2.24) is 4.98 Å². The Balaban J connectivity index is 0.000000720. The highest BCUT2D eigenvalue weighted by molar-refractivity contribution is 8.93. The van der Waals surface area contributed by atoms with Crippen LogP contribution in [0.25, 0.3) is 10.9 Å². The monoisotopic (exact) mass is 243 g/mol. The standard InChI is InChI=1S/C9H7NO.BrH.H2O/c11-8-3-4-9-7(6-8)2-1-5-10-9;;/h1-6,11H;1H;1H2. The second kappa shape index (κ2) is 4.79. The minimum absolute atomic E-state index is 0. The molecule has 2 aromatic rings. The number of hydrogen-bond acceptors (Lipinski definition) is 2. The Morgan fingerprint density at radius 3 is 2.69 bits per heavy atom. The van der Waals surface area contributed by atoms with E-state index < -0.39 is 0 Å². The predicted octanol–water partition coefficient (Wildman–Crippen LogP) is 1.69. The summed E-state index contributed by atoms with van der Waals surface area (Å²) in [5, 5.41) is 10.1. The van der Waals surface area contributed by atoms with Gasteiger partial charge in [-0.25, -0.2) is 0 Å². The van der Waals surface area contributed by atoms with Crippen LogP contribution in [0.15, 0.2) is 36.5 Å². The van der Waals surface area contributed by atoms with Crippen molar-refractivity contribution in [2.75, 3.05) is 0 Å². The number of fused-ring (bicyclic) bond motifs is 1. The lowest BCUT2D eigenvalue weighted by molar-refractivity contribution is 0.476. The van der Waals surface area contributed by atoms with Crippen molar-refractivity contribution in [1.29, 1.82) is 0 Å². The van der Waals surface area contributed by atoms with Gasteiger partial charge in [-0.15, -0.1) is 17.0 Å². The van der Waals surface area contributed by atoms with Crippen LogP contribution in [0.2, 0.25) is 0 Å². The number of halogens is 1. The molecule has 0 aliphatic rings. The maximum Gasteiger partial charge on any atom is 0.116 e. The van der Waals surface area contributed by atoms with E-state index in [0.717, 1.165) is 10.9 Å². The van der Waals surface area contributed by atoms with Gasteiger partial charge in [-0.1, -0.05) is 6.07 Å². The van der Waals surface area contributed by atoms with Gasteiger partial charge >= 0.3 is 0 Å². The molecule has 1 heterocycles. The van der Waals surface area contributed by atoms with Crippen LogP contribution in [0.5, 0.6) is 5.75 Å². The van der Waals surface area contributed by atoms with Gasteiger partial charge in [0.1, 0.15) is 5.75 Å². The maximum absolute atomic E-state index is 9.10. The first-order chi connectivity index (χ1) is 5.36. The summed E-state index contributed by atoms with van der Waals surface area (Å²) >= 11 is 0. The number of phenols is 1. The lowest BCUT2D eigenvalue weighted by atomic mass is 10.2. The molecule has 3 N–H and O–H groups in total. The van der Waals surface area contributed by atoms with E-state index in [-0.39, 0.29) is 28.2 Å². The van der Waals surface area contributed by atoms with Gasteiger partial charge in [-0.3, -0.25) is 4.98 Å². The second-order valence-corrected chi connectivity index (χ2v) is 2.38. The zero-order valence-corrected chi connectivity index (χ0v) is 8.48. The van der Waals surface area contributed by atoms with Crippen molar-refractivity contribution in [3.8, 4) is 5.75 Å². The van der Waals surface area contributed by atoms with Gasteiger partial charge in [-0.2, -0.15) is 0 Å². The predicted molar refractivity (Wildman–Crippen MR) is 57.3 cm³/mol. The fraction of sp³-hybridized carbons (Fsp3) is 0. The second-order valence-electron chi connectivity index (χ2n) is 2.38. The number of pyridine rings is 1. The molecule has 0 radical (unpaired) electrons. The number of aromatic hydroxyl groups is 1. The number of aromatic nitrogens is 1. The van der Waals surface area contributed by atoms with E-state index in [1.165, 1.54) is 0 Å². The van der Waals surface area contributed by atoms with Crippen LogP contribution in [0.1, 0.15) is 0 Å².